The summed E-state index contributed by atoms with van der Waals surface area (Å²) in [6, 6.07) is 5.60. The number of benzene rings is 1. The van der Waals surface area contributed by atoms with Crippen LogP contribution >= 0.6 is 27.5 Å². The highest BCUT2D eigenvalue weighted by Gasteiger charge is 2.04. The Morgan fingerprint density at radius 3 is 2.50 bits per heavy atom. The van der Waals surface area contributed by atoms with Crippen LogP contribution in [0.3, 0.4) is 0 Å². The maximum absolute atomic E-state index is 9.10. The molecule has 6 nitrogen and oxygen atoms in total. The fourth-order valence-corrected chi connectivity index (χ4v) is 1.90. The zero-order valence-electron chi connectivity index (χ0n) is 11.7. The van der Waals surface area contributed by atoms with Crippen LogP contribution < -0.4 is 10.1 Å². The topological polar surface area (TPSA) is 95.9 Å². The second-order valence-electron chi connectivity index (χ2n) is 3.88. The average Bonchev–Trinajstić information content (AvgIpc) is 2.45. The van der Waals surface area contributed by atoms with Crippen molar-refractivity contribution in [3.05, 3.63) is 40.3 Å². The third kappa shape index (κ3) is 10.2. The fourth-order valence-electron chi connectivity index (χ4n) is 1.18. The van der Waals surface area contributed by atoms with Crippen molar-refractivity contribution in [2.24, 2.45) is 0 Å². The maximum Gasteiger partial charge on any atom is 0.414 e. The van der Waals surface area contributed by atoms with Crippen LogP contribution in [0, 0.1) is 0 Å². The molecule has 0 radical (unpaired) electrons. The summed E-state index contributed by atoms with van der Waals surface area (Å²) >= 11 is 9.36. The van der Waals surface area contributed by atoms with Crippen LogP contribution in [-0.4, -0.2) is 41.8 Å². The molecule has 122 valence electrons. The van der Waals surface area contributed by atoms with Gasteiger partial charge in [-0.3, -0.25) is 0 Å². The summed E-state index contributed by atoms with van der Waals surface area (Å²) in [6.45, 7) is 6.04. The SMILES string of the molecule is C=CCNCCCOc1ccc(Br)cc1Cl.O=C(O)C(=O)O. The molecule has 8 heteroatoms. The number of halogens is 2. The molecule has 3 N–H and O–H groups in total. The summed E-state index contributed by atoms with van der Waals surface area (Å²) in [6.07, 6.45) is 2.78. The Morgan fingerprint density at radius 1 is 1.36 bits per heavy atom. The minimum absolute atomic E-state index is 0.633. The molecule has 0 amide bonds. The number of carbonyl (C=O) groups is 2. The van der Waals surface area contributed by atoms with Crippen LogP contribution in [0.1, 0.15) is 6.42 Å². The molecule has 0 atom stereocenters. The van der Waals surface area contributed by atoms with Gasteiger partial charge in [0.25, 0.3) is 0 Å². The second kappa shape index (κ2) is 12.0. The number of hydrogen-bond donors (Lipinski definition) is 3. The molecule has 1 aromatic rings. The van der Waals surface area contributed by atoms with E-state index in [0.717, 1.165) is 29.7 Å². The molecule has 0 aliphatic heterocycles. The number of carboxylic acid groups (broad SMARTS) is 2. The van der Waals surface area contributed by atoms with E-state index < -0.39 is 11.9 Å². The predicted octanol–water partition coefficient (Wildman–Crippen LogP) is 2.80. The van der Waals surface area contributed by atoms with Crippen molar-refractivity contribution in [1.29, 1.82) is 0 Å². The van der Waals surface area contributed by atoms with Gasteiger partial charge in [0.2, 0.25) is 0 Å². The average molecular weight is 395 g/mol. The molecule has 1 aromatic carbocycles. The third-order valence-corrected chi connectivity index (χ3v) is 2.91. The van der Waals surface area contributed by atoms with E-state index in [0.29, 0.717) is 11.6 Å². The lowest BCUT2D eigenvalue weighted by atomic mass is 10.3. The molecule has 0 unspecified atom stereocenters. The molecule has 0 aliphatic carbocycles. The fraction of sp³-hybridized carbons (Fsp3) is 0.286. The van der Waals surface area contributed by atoms with E-state index in [9.17, 15) is 0 Å². The van der Waals surface area contributed by atoms with Crippen LogP contribution in [0.5, 0.6) is 5.75 Å². The van der Waals surface area contributed by atoms with Crippen LogP contribution in [-0.2, 0) is 9.59 Å². The number of rotatable bonds is 7. The lowest BCUT2D eigenvalue weighted by Crippen LogP contribution is -2.17. The molecule has 0 aromatic heterocycles. The molecule has 0 fully saturated rings. The Balaban J connectivity index is 0.000000626. The molecule has 0 aliphatic rings. The van der Waals surface area contributed by atoms with Gasteiger partial charge in [-0.1, -0.05) is 33.6 Å². The number of hydrogen-bond acceptors (Lipinski definition) is 4. The van der Waals surface area contributed by atoms with Gasteiger partial charge in [0.05, 0.1) is 11.6 Å². The van der Waals surface area contributed by atoms with E-state index in [-0.39, 0.29) is 0 Å². The minimum atomic E-state index is -1.82. The summed E-state index contributed by atoms with van der Waals surface area (Å²) in [4.78, 5) is 18.2. The highest BCUT2D eigenvalue weighted by atomic mass is 79.9. The molecule has 0 saturated carbocycles. The van der Waals surface area contributed by atoms with Gasteiger partial charge in [-0.15, -0.1) is 6.58 Å². The highest BCUT2D eigenvalue weighted by Crippen LogP contribution is 2.27. The molecule has 1 rings (SSSR count). The van der Waals surface area contributed by atoms with Gasteiger partial charge in [0.15, 0.2) is 0 Å². The lowest BCUT2D eigenvalue weighted by Gasteiger charge is -2.08. The van der Waals surface area contributed by atoms with Crippen molar-refractivity contribution in [2.75, 3.05) is 19.7 Å². The first kappa shape index (κ1) is 20.4. The minimum Gasteiger partial charge on any atom is -0.492 e. The summed E-state index contributed by atoms with van der Waals surface area (Å²) in [5.74, 6) is -2.92. The van der Waals surface area contributed by atoms with E-state index >= 15 is 0 Å². The Hall–Kier alpha value is -1.57. The van der Waals surface area contributed by atoms with Crippen molar-refractivity contribution >= 4 is 39.5 Å². The van der Waals surface area contributed by atoms with E-state index in [1.54, 1.807) is 0 Å². The molecule has 0 spiro atoms. The number of ether oxygens (including phenoxy) is 1. The van der Waals surface area contributed by atoms with Gasteiger partial charge >= 0.3 is 11.9 Å². The van der Waals surface area contributed by atoms with E-state index in [4.69, 9.17) is 36.1 Å². The first-order chi connectivity index (χ1) is 10.4. The van der Waals surface area contributed by atoms with Crippen LogP contribution in [0.4, 0.5) is 0 Å². The Bertz CT molecular complexity index is 498. The second-order valence-corrected chi connectivity index (χ2v) is 5.20. The normalized spacial score (nSPS) is 9.36. The largest absolute Gasteiger partial charge is 0.492 e. The van der Waals surface area contributed by atoms with Gasteiger partial charge < -0.3 is 20.3 Å². The molecule has 22 heavy (non-hydrogen) atoms. The monoisotopic (exact) mass is 393 g/mol. The van der Waals surface area contributed by atoms with Crippen molar-refractivity contribution in [1.82, 2.24) is 5.32 Å². The maximum atomic E-state index is 9.10. The van der Waals surface area contributed by atoms with Gasteiger partial charge in [-0.05, 0) is 31.2 Å². The van der Waals surface area contributed by atoms with Crippen molar-refractivity contribution in [3.8, 4) is 5.75 Å². The lowest BCUT2D eigenvalue weighted by molar-refractivity contribution is -0.159. The molecular formula is C14H17BrClNO5. The van der Waals surface area contributed by atoms with Crippen molar-refractivity contribution in [3.63, 3.8) is 0 Å². The number of carboxylic acids is 2. The summed E-state index contributed by atoms with van der Waals surface area (Å²) in [5.41, 5.74) is 0. The third-order valence-electron chi connectivity index (χ3n) is 2.12. The smallest absolute Gasteiger partial charge is 0.414 e. The highest BCUT2D eigenvalue weighted by molar-refractivity contribution is 9.10. The first-order valence-electron chi connectivity index (χ1n) is 6.24. The molecule has 0 saturated heterocycles. The molecular weight excluding hydrogens is 378 g/mol. The number of nitrogens with one attached hydrogen (secondary N) is 1. The Morgan fingerprint density at radius 2 is 2.00 bits per heavy atom. The quantitative estimate of drug-likeness (QED) is 0.374. The van der Waals surface area contributed by atoms with Crippen LogP contribution in [0.2, 0.25) is 5.02 Å². The van der Waals surface area contributed by atoms with Crippen molar-refractivity contribution < 1.29 is 24.5 Å². The summed E-state index contributed by atoms with van der Waals surface area (Å²) < 4.78 is 6.51. The van der Waals surface area contributed by atoms with Gasteiger partial charge in [0, 0.05) is 11.0 Å². The zero-order valence-corrected chi connectivity index (χ0v) is 14.1. The van der Waals surface area contributed by atoms with E-state index in [1.165, 1.54) is 0 Å². The van der Waals surface area contributed by atoms with Crippen LogP contribution in [0.25, 0.3) is 0 Å². The van der Waals surface area contributed by atoms with Crippen molar-refractivity contribution in [2.45, 2.75) is 6.42 Å². The zero-order chi connectivity index (χ0) is 17.0. The summed E-state index contributed by atoms with van der Waals surface area (Å²) in [7, 11) is 0. The van der Waals surface area contributed by atoms with Gasteiger partial charge in [-0.2, -0.15) is 0 Å². The Labute approximate surface area is 141 Å². The van der Waals surface area contributed by atoms with Crippen LogP contribution in [0.15, 0.2) is 35.3 Å². The summed E-state index contributed by atoms with van der Waals surface area (Å²) in [5, 5.41) is 18.6. The molecule has 0 bridgehead atoms. The van der Waals surface area contributed by atoms with E-state index in [1.807, 2.05) is 24.3 Å². The first-order valence-corrected chi connectivity index (χ1v) is 7.41. The Kier molecular flexibility index (Phi) is 11.2. The van der Waals surface area contributed by atoms with E-state index in [2.05, 4.69) is 27.8 Å². The van der Waals surface area contributed by atoms with Gasteiger partial charge in [0.1, 0.15) is 5.75 Å². The van der Waals surface area contributed by atoms with Gasteiger partial charge in [-0.25, -0.2) is 9.59 Å². The standard InChI is InChI=1S/C12H15BrClNO.C2H2O4/c1-2-6-15-7-3-8-16-12-5-4-10(13)9-11(12)14;3-1(4)2(5)6/h2,4-5,9,15H,1,3,6-8H2;(H,3,4)(H,5,6). The predicted molar refractivity (Wildman–Crippen MR) is 87.6 cm³/mol. The number of aliphatic carboxylic acids is 2. The molecule has 0 heterocycles.